The van der Waals surface area contributed by atoms with Crippen LogP contribution in [-0.2, 0) is 0 Å². The first-order chi connectivity index (χ1) is 9.86. The summed E-state index contributed by atoms with van der Waals surface area (Å²) in [6, 6.07) is 0. The number of aryl methyl sites for hydroxylation is 2. The molecule has 8 heteroatoms. The minimum absolute atomic E-state index is 0.244. The second-order valence-corrected chi connectivity index (χ2v) is 7.33. The van der Waals surface area contributed by atoms with Crippen LogP contribution in [0.2, 0.25) is 0 Å². The van der Waals surface area contributed by atoms with Crippen LogP contribution in [0.4, 0.5) is 16.1 Å². The zero-order valence-electron chi connectivity index (χ0n) is 12.5. The summed E-state index contributed by atoms with van der Waals surface area (Å²) in [5.74, 6) is 0.471. The van der Waals surface area contributed by atoms with Crippen molar-refractivity contribution >= 4 is 44.7 Å². The topological polar surface area (TPSA) is 92.9 Å². The number of nitrogens with two attached hydrogens (primary N) is 1. The molecule has 0 spiro atoms. The lowest BCUT2D eigenvalue weighted by atomic mass is 10.2. The highest BCUT2D eigenvalue weighted by Crippen LogP contribution is 2.27. The van der Waals surface area contributed by atoms with Crippen LogP contribution in [0.3, 0.4) is 0 Å². The van der Waals surface area contributed by atoms with Gasteiger partial charge in [0, 0.05) is 11.4 Å². The molecule has 0 aliphatic rings. The van der Waals surface area contributed by atoms with Gasteiger partial charge in [-0.2, -0.15) is 0 Å². The number of nitrogens with zero attached hydrogens (tertiary/aromatic N) is 2. The predicted octanol–water partition coefficient (Wildman–Crippen LogP) is 3.12. The SMILES string of the molecule is Cc1nc(NC(=O)c2sc(NCC(C)C)nc2N)sc1C. The third kappa shape index (κ3) is 3.92. The Balaban J connectivity index is 2.08. The lowest BCUT2D eigenvalue weighted by molar-refractivity contribution is 0.103. The van der Waals surface area contributed by atoms with E-state index in [9.17, 15) is 4.79 Å². The monoisotopic (exact) mass is 325 g/mol. The first-order valence-corrected chi connectivity index (χ1v) is 8.25. The number of hydrogen-bond donors (Lipinski definition) is 3. The van der Waals surface area contributed by atoms with E-state index in [-0.39, 0.29) is 11.7 Å². The lowest BCUT2D eigenvalue weighted by Gasteiger charge is -2.04. The average Bonchev–Trinajstić information content (AvgIpc) is 2.91. The number of anilines is 3. The maximum absolute atomic E-state index is 12.2. The molecule has 0 radical (unpaired) electrons. The summed E-state index contributed by atoms with van der Waals surface area (Å²) >= 11 is 2.71. The van der Waals surface area contributed by atoms with Crippen molar-refractivity contribution in [2.24, 2.45) is 5.92 Å². The Kier molecular flexibility index (Phi) is 4.79. The van der Waals surface area contributed by atoms with Crippen molar-refractivity contribution in [3.05, 3.63) is 15.4 Å². The molecule has 0 saturated carbocycles. The summed E-state index contributed by atoms with van der Waals surface area (Å²) in [7, 11) is 0. The summed E-state index contributed by atoms with van der Waals surface area (Å²) in [5, 5.41) is 7.19. The maximum Gasteiger partial charge on any atom is 0.271 e. The fraction of sp³-hybridized carbons (Fsp3) is 0.462. The Labute approximate surface area is 131 Å². The van der Waals surface area contributed by atoms with Gasteiger partial charge in [0.05, 0.1) is 5.69 Å². The summed E-state index contributed by atoms with van der Waals surface area (Å²) < 4.78 is 0. The van der Waals surface area contributed by atoms with Gasteiger partial charge in [-0.25, -0.2) is 9.97 Å². The minimum Gasteiger partial charge on any atom is -0.382 e. The molecule has 0 aromatic carbocycles. The highest BCUT2D eigenvalue weighted by atomic mass is 32.1. The van der Waals surface area contributed by atoms with Crippen LogP contribution in [0.25, 0.3) is 0 Å². The van der Waals surface area contributed by atoms with E-state index in [1.54, 1.807) is 0 Å². The van der Waals surface area contributed by atoms with E-state index in [4.69, 9.17) is 5.73 Å². The standard InChI is InChI=1S/C13H19N5OS2/c1-6(2)5-15-12-17-10(14)9(21-12)11(19)18-13-16-7(3)8(4)20-13/h6H,5,14H2,1-4H3,(H,15,17)(H,16,18,19). The number of nitrogens with one attached hydrogen (secondary N) is 2. The molecule has 0 atom stereocenters. The van der Waals surface area contributed by atoms with Gasteiger partial charge in [-0.3, -0.25) is 10.1 Å². The molecule has 114 valence electrons. The molecule has 21 heavy (non-hydrogen) atoms. The molecular weight excluding hydrogens is 306 g/mol. The third-order valence-electron chi connectivity index (χ3n) is 2.77. The second-order valence-electron chi connectivity index (χ2n) is 5.12. The second kappa shape index (κ2) is 6.40. The average molecular weight is 325 g/mol. The Morgan fingerprint density at radius 3 is 2.52 bits per heavy atom. The molecule has 0 fully saturated rings. The van der Waals surface area contributed by atoms with Crippen molar-refractivity contribution in [2.45, 2.75) is 27.7 Å². The van der Waals surface area contributed by atoms with E-state index in [2.05, 4.69) is 34.4 Å². The van der Waals surface area contributed by atoms with Crippen molar-refractivity contribution in [2.75, 3.05) is 22.9 Å². The number of rotatable bonds is 5. The number of carbonyl (C=O) groups is 1. The van der Waals surface area contributed by atoms with E-state index in [0.717, 1.165) is 17.1 Å². The van der Waals surface area contributed by atoms with Crippen LogP contribution in [-0.4, -0.2) is 22.4 Å². The molecule has 0 aliphatic carbocycles. The fourth-order valence-corrected chi connectivity index (χ4v) is 3.14. The van der Waals surface area contributed by atoms with Crippen LogP contribution in [0.5, 0.6) is 0 Å². The molecule has 0 unspecified atom stereocenters. The number of amides is 1. The summed E-state index contributed by atoms with van der Waals surface area (Å²) in [4.78, 5) is 22.2. The zero-order valence-corrected chi connectivity index (χ0v) is 14.1. The predicted molar refractivity (Wildman–Crippen MR) is 89.4 cm³/mol. The molecular formula is C13H19N5OS2. The first kappa shape index (κ1) is 15.7. The molecule has 0 aliphatic heterocycles. The highest BCUT2D eigenvalue weighted by Gasteiger charge is 2.18. The first-order valence-electron chi connectivity index (χ1n) is 6.62. The molecule has 2 heterocycles. The summed E-state index contributed by atoms with van der Waals surface area (Å²) in [5.41, 5.74) is 6.74. The van der Waals surface area contributed by atoms with E-state index < -0.39 is 0 Å². The normalized spacial score (nSPS) is 10.9. The van der Waals surface area contributed by atoms with Crippen LogP contribution in [0.1, 0.15) is 34.1 Å². The van der Waals surface area contributed by atoms with Crippen molar-refractivity contribution in [3.63, 3.8) is 0 Å². The lowest BCUT2D eigenvalue weighted by Crippen LogP contribution is -2.11. The van der Waals surface area contributed by atoms with Crippen molar-refractivity contribution in [3.8, 4) is 0 Å². The molecule has 0 bridgehead atoms. The van der Waals surface area contributed by atoms with Crippen molar-refractivity contribution in [1.29, 1.82) is 0 Å². The molecule has 2 aromatic rings. The van der Waals surface area contributed by atoms with Gasteiger partial charge in [0.25, 0.3) is 5.91 Å². The Morgan fingerprint density at radius 2 is 1.95 bits per heavy atom. The Morgan fingerprint density at radius 1 is 1.24 bits per heavy atom. The molecule has 4 N–H and O–H groups in total. The summed E-state index contributed by atoms with van der Waals surface area (Å²) in [6.07, 6.45) is 0. The molecule has 0 saturated heterocycles. The number of hydrogen-bond acceptors (Lipinski definition) is 7. The number of aromatic nitrogens is 2. The summed E-state index contributed by atoms with van der Waals surface area (Å²) in [6.45, 7) is 8.88. The van der Waals surface area contributed by atoms with E-state index in [1.807, 2.05) is 13.8 Å². The van der Waals surface area contributed by atoms with Crippen molar-refractivity contribution in [1.82, 2.24) is 9.97 Å². The van der Waals surface area contributed by atoms with E-state index in [1.165, 1.54) is 22.7 Å². The van der Waals surface area contributed by atoms with E-state index >= 15 is 0 Å². The Bertz CT molecular complexity index is 628. The largest absolute Gasteiger partial charge is 0.382 e. The van der Waals surface area contributed by atoms with Crippen molar-refractivity contribution < 1.29 is 4.79 Å². The molecule has 2 rings (SSSR count). The fourth-order valence-electron chi connectivity index (χ4n) is 1.54. The third-order valence-corrected chi connectivity index (χ3v) is 4.79. The quantitative estimate of drug-likeness (QED) is 0.785. The maximum atomic E-state index is 12.2. The number of carbonyl (C=O) groups excluding carboxylic acids is 1. The number of nitrogen functional groups attached to an aromatic ring is 1. The number of thiazole rings is 2. The zero-order chi connectivity index (χ0) is 15.6. The van der Waals surface area contributed by atoms with Crippen LogP contribution >= 0.6 is 22.7 Å². The van der Waals surface area contributed by atoms with Gasteiger partial charge in [-0.1, -0.05) is 25.2 Å². The van der Waals surface area contributed by atoms with Crippen LogP contribution < -0.4 is 16.4 Å². The molecule has 6 nitrogen and oxygen atoms in total. The van der Waals surface area contributed by atoms with Gasteiger partial charge in [0.1, 0.15) is 10.7 Å². The highest BCUT2D eigenvalue weighted by molar-refractivity contribution is 7.18. The minimum atomic E-state index is -0.267. The molecule has 2 aromatic heterocycles. The smallest absolute Gasteiger partial charge is 0.271 e. The van der Waals surface area contributed by atoms with Crippen LogP contribution in [0, 0.1) is 19.8 Å². The van der Waals surface area contributed by atoms with Gasteiger partial charge in [0.15, 0.2) is 10.3 Å². The molecule has 1 amide bonds. The van der Waals surface area contributed by atoms with Gasteiger partial charge < -0.3 is 11.1 Å². The van der Waals surface area contributed by atoms with E-state index in [0.29, 0.717) is 21.1 Å². The van der Waals surface area contributed by atoms with Crippen LogP contribution in [0.15, 0.2) is 0 Å². The Hall–Kier alpha value is -1.67. The van der Waals surface area contributed by atoms with Gasteiger partial charge in [-0.15, -0.1) is 11.3 Å². The van der Waals surface area contributed by atoms with Gasteiger partial charge in [-0.05, 0) is 19.8 Å². The van der Waals surface area contributed by atoms with Gasteiger partial charge in [0.2, 0.25) is 0 Å². The van der Waals surface area contributed by atoms with Gasteiger partial charge >= 0.3 is 0 Å².